The Bertz CT molecular complexity index is 1060. The second kappa shape index (κ2) is 10.2. The minimum absolute atomic E-state index is 0.112. The Kier molecular flexibility index (Phi) is 7.10. The van der Waals surface area contributed by atoms with Crippen molar-refractivity contribution in [1.29, 1.82) is 0 Å². The maximum atomic E-state index is 12.1. The Hall–Kier alpha value is -3.48. The molecule has 0 saturated heterocycles. The maximum absolute atomic E-state index is 12.1. The highest BCUT2D eigenvalue weighted by Gasteiger charge is 2.08. The van der Waals surface area contributed by atoms with Crippen molar-refractivity contribution >= 4 is 23.2 Å². The van der Waals surface area contributed by atoms with Gasteiger partial charge in [-0.25, -0.2) is 10.4 Å². The van der Waals surface area contributed by atoms with E-state index < -0.39 is 0 Å². The number of H-pyrrole nitrogens is 1. The number of aryl methyl sites for hydroxylation is 1. The summed E-state index contributed by atoms with van der Waals surface area (Å²) in [6.45, 7) is 2.74. The number of hydrogen-bond acceptors (Lipinski definition) is 5. The first-order valence-electron chi connectivity index (χ1n) is 9.69. The van der Waals surface area contributed by atoms with Crippen LogP contribution in [0.2, 0.25) is 0 Å². The van der Waals surface area contributed by atoms with Crippen molar-refractivity contribution in [3.63, 3.8) is 0 Å². The normalized spacial score (nSPS) is 11.1. The number of nitrogens with one attached hydrogen (secondary N) is 2. The predicted octanol–water partition coefficient (Wildman–Crippen LogP) is 3.18. The number of carbonyl (C=O) groups is 1. The van der Waals surface area contributed by atoms with E-state index in [0.717, 1.165) is 24.2 Å². The molecule has 29 heavy (non-hydrogen) atoms. The third-order valence-corrected chi connectivity index (χ3v) is 4.33. The summed E-state index contributed by atoms with van der Waals surface area (Å²) in [6, 6.07) is 14.8. The highest BCUT2D eigenvalue weighted by Crippen LogP contribution is 2.16. The molecule has 7 heteroatoms. The van der Waals surface area contributed by atoms with Gasteiger partial charge in [0.25, 0.3) is 5.56 Å². The Labute approximate surface area is 168 Å². The number of ether oxygens (including phenoxy) is 1. The van der Waals surface area contributed by atoms with Crippen LogP contribution < -0.4 is 15.7 Å². The predicted molar refractivity (Wildman–Crippen MR) is 113 cm³/mol. The van der Waals surface area contributed by atoms with E-state index in [4.69, 9.17) is 4.74 Å². The molecule has 0 radical (unpaired) electrons. The second-order valence-electron chi connectivity index (χ2n) is 6.56. The molecule has 2 N–H and O–H groups in total. The van der Waals surface area contributed by atoms with Crippen LogP contribution in [-0.2, 0) is 11.2 Å². The van der Waals surface area contributed by atoms with Crippen molar-refractivity contribution in [3.8, 4) is 5.75 Å². The van der Waals surface area contributed by atoms with E-state index >= 15 is 0 Å². The number of fused-ring (bicyclic) bond motifs is 1. The van der Waals surface area contributed by atoms with Crippen molar-refractivity contribution < 1.29 is 9.53 Å². The van der Waals surface area contributed by atoms with Gasteiger partial charge in [0, 0.05) is 18.4 Å². The number of benzene rings is 2. The highest BCUT2D eigenvalue weighted by atomic mass is 16.5. The number of amides is 1. The van der Waals surface area contributed by atoms with Crippen molar-refractivity contribution in [2.24, 2.45) is 5.10 Å². The minimum atomic E-state index is -0.292. The monoisotopic (exact) mass is 392 g/mol. The summed E-state index contributed by atoms with van der Waals surface area (Å²) in [7, 11) is 0. The van der Waals surface area contributed by atoms with Gasteiger partial charge in [0.1, 0.15) is 11.4 Å². The topological polar surface area (TPSA) is 96.4 Å². The summed E-state index contributed by atoms with van der Waals surface area (Å²) in [5, 5.41) is 4.00. The molecular formula is C22H24N4O3. The highest BCUT2D eigenvalue weighted by molar-refractivity contribution is 5.85. The number of rotatable bonds is 9. The largest absolute Gasteiger partial charge is 0.493 e. The van der Waals surface area contributed by atoms with Crippen molar-refractivity contribution in [1.82, 2.24) is 15.4 Å². The van der Waals surface area contributed by atoms with Gasteiger partial charge in [-0.15, -0.1) is 0 Å². The van der Waals surface area contributed by atoms with Crippen molar-refractivity contribution in [2.75, 3.05) is 6.61 Å². The summed E-state index contributed by atoms with van der Waals surface area (Å²) in [5.41, 5.74) is 4.70. The van der Waals surface area contributed by atoms with Crippen LogP contribution >= 0.6 is 0 Å². The first-order chi connectivity index (χ1) is 14.2. The lowest BCUT2D eigenvalue weighted by Crippen LogP contribution is -2.21. The number of carbonyl (C=O) groups excluding carboxylic acids is 1. The van der Waals surface area contributed by atoms with Crippen LogP contribution in [0.3, 0.4) is 0 Å². The molecule has 3 aromatic rings. The van der Waals surface area contributed by atoms with Crippen LogP contribution in [0.5, 0.6) is 5.75 Å². The van der Waals surface area contributed by atoms with E-state index in [2.05, 4.69) is 27.4 Å². The van der Waals surface area contributed by atoms with Gasteiger partial charge in [0.2, 0.25) is 5.91 Å². The Balaban J connectivity index is 1.55. The van der Waals surface area contributed by atoms with Crippen LogP contribution in [0.1, 0.15) is 37.4 Å². The van der Waals surface area contributed by atoms with Crippen LogP contribution in [0.4, 0.5) is 0 Å². The number of aromatic nitrogens is 2. The fraction of sp³-hybridized carbons (Fsp3) is 0.273. The molecule has 3 rings (SSSR count). The maximum Gasteiger partial charge on any atom is 0.270 e. The molecule has 0 spiro atoms. The van der Waals surface area contributed by atoms with Crippen LogP contribution in [0.15, 0.2) is 58.4 Å². The zero-order valence-corrected chi connectivity index (χ0v) is 16.4. The van der Waals surface area contributed by atoms with Crippen LogP contribution in [-0.4, -0.2) is 28.7 Å². The Morgan fingerprint density at radius 2 is 2.00 bits per heavy atom. The Morgan fingerprint density at radius 3 is 2.86 bits per heavy atom. The molecule has 0 atom stereocenters. The first kappa shape index (κ1) is 20.3. The lowest BCUT2D eigenvalue weighted by molar-refractivity contribution is -0.121. The van der Waals surface area contributed by atoms with E-state index in [1.807, 2.05) is 42.5 Å². The number of aromatic amines is 1. The van der Waals surface area contributed by atoms with Crippen molar-refractivity contribution in [2.45, 2.75) is 32.6 Å². The molecule has 0 aliphatic carbocycles. The molecule has 1 heterocycles. The molecule has 1 amide bonds. The van der Waals surface area contributed by atoms with E-state index in [0.29, 0.717) is 23.3 Å². The summed E-state index contributed by atoms with van der Waals surface area (Å²) in [5.74, 6) is 0.436. The van der Waals surface area contributed by atoms with Gasteiger partial charge in [0.15, 0.2) is 0 Å². The van der Waals surface area contributed by atoms with E-state index in [1.54, 1.807) is 12.3 Å². The minimum Gasteiger partial charge on any atom is -0.493 e. The van der Waals surface area contributed by atoms with E-state index in [1.165, 1.54) is 0 Å². The molecule has 2 aromatic carbocycles. The molecule has 0 aliphatic heterocycles. The fourth-order valence-corrected chi connectivity index (χ4v) is 2.74. The second-order valence-corrected chi connectivity index (χ2v) is 6.56. The molecule has 1 aromatic heterocycles. The number of hydrazone groups is 1. The molecule has 0 saturated carbocycles. The fourth-order valence-electron chi connectivity index (χ4n) is 2.74. The quantitative estimate of drug-likeness (QED) is 0.332. The van der Waals surface area contributed by atoms with Gasteiger partial charge in [-0.05, 0) is 30.7 Å². The zero-order valence-electron chi connectivity index (χ0n) is 16.4. The standard InChI is InChI=1S/C22H24N4O3/c1-2-3-14-29-20-11-7-4-8-16(20)15-23-26-21(27)13-12-19-22(28)25-18-10-6-5-9-17(18)24-19/h4-11,15H,2-3,12-14H2,1H3,(H,25,28)(H,26,27)/b23-15+. The van der Waals surface area contributed by atoms with Gasteiger partial charge < -0.3 is 9.72 Å². The lowest BCUT2D eigenvalue weighted by atomic mass is 10.2. The number of para-hydroxylation sites is 3. The van der Waals surface area contributed by atoms with Crippen molar-refractivity contribution in [3.05, 3.63) is 70.1 Å². The van der Waals surface area contributed by atoms with Crippen LogP contribution in [0.25, 0.3) is 11.0 Å². The molecular weight excluding hydrogens is 368 g/mol. The molecule has 0 aliphatic rings. The molecule has 0 bridgehead atoms. The van der Waals surface area contributed by atoms with E-state index in [-0.39, 0.29) is 24.3 Å². The summed E-state index contributed by atoms with van der Waals surface area (Å²) in [6.07, 6.45) is 3.93. The summed E-state index contributed by atoms with van der Waals surface area (Å²) in [4.78, 5) is 31.3. The average Bonchev–Trinajstić information content (AvgIpc) is 2.73. The number of nitrogens with zero attached hydrogens (tertiary/aromatic N) is 2. The number of unbranched alkanes of at least 4 members (excludes halogenated alkanes) is 1. The summed E-state index contributed by atoms with van der Waals surface area (Å²) < 4.78 is 5.74. The third-order valence-electron chi connectivity index (χ3n) is 4.33. The smallest absolute Gasteiger partial charge is 0.270 e. The van der Waals surface area contributed by atoms with Gasteiger partial charge in [-0.1, -0.05) is 37.6 Å². The zero-order chi connectivity index (χ0) is 20.5. The molecule has 150 valence electrons. The third kappa shape index (κ3) is 5.75. The lowest BCUT2D eigenvalue weighted by Gasteiger charge is -2.08. The molecule has 0 unspecified atom stereocenters. The molecule has 7 nitrogen and oxygen atoms in total. The average molecular weight is 392 g/mol. The molecule has 0 fully saturated rings. The Morgan fingerprint density at radius 1 is 1.21 bits per heavy atom. The van der Waals surface area contributed by atoms with Crippen LogP contribution in [0, 0.1) is 0 Å². The number of hydrogen-bond donors (Lipinski definition) is 2. The van der Waals surface area contributed by atoms with E-state index in [9.17, 15) is 9.59 Å². The van der Waals surface area contributed by atoms with Gasteiger partial charge in [-0.3, -0.25) is 9.59 Å². The van der Waals surface area contributed by atoms with Gasteiger partial charge in [-0.2, -0.15) is 5.10 Å². The first-order valence-corrected chi connectivity index (χ1v) is 9.69. The summed E-state index contributed by atoms with van der Waals surface area (Å²) >= 11 is 0. The van der Waals surface area contributed by atoms with Gasteiger partial charge >= 0.3 is 0 Å². The van der Waals surface area contributed by atoms with Gasteiger partial charge in [0.05, 0.1) is 23.9 Å². The SMILES string of the molecule is CCCCOc1ccccc1/C=N/NC(=O)CCc1nc2ccccc2[nH]c1=O.